The first-order chi connectivity index (χ1) is 13.7. The van der Waals surface area contributed by atoms with Crippen LogP contribution in [0.2, 0.25) is 0 Å². The van der Waals surface area contributed by atoms with Gasteiger partial charge in [0.2, 0.25) is 5.95 Å². The summed E-state index contributed by atoms with van der Waals surface area (Å²) in [6.45, 7) is 2.28. The predicted molar refractivity (Wildman–Crippen MR) is 117 cm³/mol. The van der Waals surface area contributed by atoms with Gasteiger partial charge in [0.05, 0.1) is 5.39 Å². The Morgan fingerprint density at radius 2 is 1.75 bits per heavy atom. The van der Waals surface area contributed by atoms with E-state index in [1.165, 1.54) is 48.2 Å². The van der Waals surface area contributed by atoms with Crippen LogP contribution in [0.5, 0.6) is 0 Å². The maximum absolute atomic E-state index is 13.0. The topological polar surface area (TPSA) is 50.2 Å². The summed E-state index contributed by atoms with van der Waals surface area (Å²) in [4.78, 5) is 22.5. The fourth-order valence-electron chi connectivity index (χ4n) is 4.43. The third kappa shape index (κ3) is 3.09. The SMILES string of the molecule is Cn1c(Nc2ccc(N3CCCCC3)cc2)nc2sc3c(c2c1=O)CCCC3. The van der Waals surface area contributed by atoms with E-state index < -0.39 is 0 Å². The molecule has 5 rings (SSSR count). The lowest BCUT2D eigenvalue weighted by atomic mass is 9.97. The molecule has 146 valence electrons. The molecular weight excluding hydrogens is 368 g/mol. The molecule has 0 radical (unpaired) electrons. The van der Waals surface area contributed by atoms with Crippen LogP contribution in [0.3, 0.4) is 0 Å². The number of benzene rings is 1. The van der Waals surface area contributed by atoms with Crippen molar-refractivity contribution >= 4 is 38.9 Å². The van der Waals surface area contributed by atoms with E-state index in [0.29, 0.717) is 5.95 Å². The molecule has 6 heteroatoms. The second-order valence-electron chi connectivity index (χ2n) is 7.91. The molecule has 1 aliphatic heterocycles. The van der Waals surface area contributed by atoms with E-state index in [-0.39, 0.29) is 5.56 Å². The number of hydrogen-bond acceptors (Lipinski definition) is 5. The number of anilines is 3. The quantitative estimate of drug-likeness (QED) is 0.705. The van der Waals surface area contributed by atoms with Crippen LogP contribution in [0.15, 0.2) is 29.1 Å². The molecule has 0 atom stereocenters. The van der Waals surface area contributed by atoms with Crippen LogP contribution < -0.4 is 15.8 Å². The number of piperidine rings is 1. The summed E-state index contributed by atoms with van der Waals surface area (Å²) < 4.78 is 1.66. The number of thiophene rings is 1. The lowest BCUT2D eigenvalue weighted by Gasteiger charge is -2.28. The summed E-state index contributed by atoms with van der Waals surface area (Å²) in [6, 6.07) is 8.49. The monoisotopic (exact) mass is 394 g/mol. The normalized spacial score (nSPS) is 17.0. The summed E-state index contributed by atoms with van der Waals surface area (Å²) in [6.07, 6.45) is 8.37. The highest BCUT2D eigenvalue weighted by atomic mass is 32.1. The Labute approximate surface area is 169 Å². The molecule has 3 heterocycles. The van der Waals surface area contributed by atoms with Gasteiger partial charge in [-0.2, -0.15) is 0 Å². The molecule has 0 spiro atoms. The second kappa shape index (κ2) is 7.24. The van der Waals surface area contributed by atoms with Crippen molar-refractivity contribution in [2.45, 2.75) is 44.9 Å². The van der Waals surface area contributed by atoms with Crippen molar-refractivity contribution in [1.82, 2.24) is 9.55 Å². The van der Waals surface area contributed by atoms with Gasteiger partial charge in [-0.3, -0.25) is 9.36 Å². The highest BCUT2D eigenvalue weighted by molar-refractivity contribution is 7.18. The highest BCUT2D eigenvalue weighted by Gasteiger charge is 2.21. The fourth-order valence-corrected chi connectivity index (χ4v) is 5.69. The van der Waals surface area contributed by atoms with Gasteiger partial charge >= 0.3 is 0 Å². The van der Waals surface area contributed by atoms with E-state index in [1.807, 2.05) is 7.05 Å². The molecule has 0 saturated carbocycles. The van der Waals surface area contributed by atoms with Crippen molar-refractivity contribution in [1.29, 1.82) is 0 Å². The molecular formula is C22H26N4OS. The average Bonchev–Trinajstić information content (AvgIpc) is 3.11. The van der Waals surface area contributed by atoms with Gasteiger partial charge in [0.15, 0.2) is 0 Å². The minimum Gasteiger partial charge on any atom is -0.372 e. The van der Waals surface area contributed by atoms with Gasteiger partial charge in [-0.1, -0.05) is 0 Å². The molecule has 1 aliphatic carbocycles. The first-order valence-corrected chi connectivity index (χ1v) is 11.2. The molecule has 28 heavy (non-hydrogen) atoms. The summed E-state index contributed by atoms with van der Waals surface area (Å²) in [7, 11) is 1.81. The van der Waals surface area contributed by atoms with Crippen molar-refractivity contribution in [3.05, 3.63) is 45.1 Å². The van der Waals surface area contributed by atoms with E-state index in [9.17, 15) is 4.79 Å². The van der Waals surface area contributed by atoms with Gasteiger partial charge in [-0.15, -0.1) is 11.3 Å². The number of fused-ring (bicyclic) bond motifs is 3. The van der Waals surface area contributed by atoms with Gasteiger partial charge < -0.3 is 10.2 Å². The Morgan fingerprint density at radius 1 is 1.00 bits per heavy atom. The third-order valence-electron chi connectivity index (χ3n) is 6.04. The molecule has 1 saturated heterocycles. The lowest BCUT2D eigenvalue weighted by Crippen LogP contribution is -2.29. The Morgan fingerprint density at radius 3 is 2.54 bits per heavy atom. The Balaban J connectivity index is 1.45. The number of hydrogen-bond donors (Lipinski definition) is 1. The minimum atomic E-state index is 0.0665. The first kappa shape index (κ1) is 17.7. The van der Waals surface area contributed by atoms with Crippen LogP contribution in [-0.4, -0.2) is 22.6 Å². The molecule has 2 aliphatic rings. The summed E-state index contributed by atoms with van der Waals surface area (Å²) in [5.74, 6) is 0.613. The number of nitrogens with zero attached hydrogens (tertiary/aromatic N) is 3. The predicted octanol–water partition coefficient (Wildman–Crippen LogP) is 4.61. The lowest BCUT2D eigenvalue weighted by molar-refractivity contribution is 0.578. The van der Waals surface area contributed by atoms with Crippen LogP contribution >= 0.6 is 11.3 Å². The van der Waals surface area contributed by atoms with E-state index in [4.69, 9.17) is 4.98 Å². The summed E-state index contributed by atoms with van der Waals surface area (Å²) in [5.41, 5.74) is 3.55. The molecule has 3 aromatic rings. The van der Waals surface area contributed by atoms with Crippen molar-refractivity contribution in [2.24, 2.45) is 7.05 Å². The Bertz CT molecular complexity index is 1060. The molecule has 1 N–H and O–H groups in total. The Hall–Kier alpha value is -2.34. The molecule has 0 unspecified atom stereocenters. The Kier molecular flexibility index (Phi) is 4.59. The zero-order valence-corrected chi connectivity index (χ0v) is 17.1. The number of aromatic nitrogens is 2. The molecule has 1 aromatic carbocycles. The maximum Gasteiger partial charge on any atom is 0.263 e. The van der Waals surface area contributed by atoms with Crippen molar-refractivity contribution in [3.8, 4) is 0 Å². The average molecular weight is 395 g/mol. The molecule has 2 aromatic heterocycles. The van der Waals surface area contributed by atoms with Gasteiger partial charge in [-0.25, -0.2) is 4.98 Å². The van der Waals surface area contributed by atoms with Crippen molar-refractivity contribution < 1.29 is 0 Å². The van der Waals surface area contributed by atoms with Crippen LogP contribution in [-0.2, 0) is 19.9 Å². The van der Waals surface area contributed by atoms with Crippen LogP contribution in [0.4, 0.5) is 17.3 Å². The van der Waals surface area contributed by atoms with Gasteiger partial charge in [-0.05, 0) is 74.8 Å². The van der Waals surface area contributed by atoms with Crippen molar-refractivity contribution in [3.63, 3.8) is 0 Å². The maximum atomic E-state index is 13.0. The van der Waals surface area contributed by atoms with Crippen molar-refractivity contribution in [2.75, 3.05) is 23.3 Å². The van der Waals surface area contributed by atoms with E-state index >= 15 is 0 Å². The van der Waals surface area contributed by atoms with Crippen LogP contribution in [0, 0.1) is 0 Å². The number of aryl methyl sites for hydroxylation is 2. The molecule has 5 nitrogen and oxygen atoms in total. The smallest absolute Gasteiger partial charge is 0.263 e. The van der Waals surface area contributed by atoms with Crippen LogP contribution in [0.1, 0.15) is 42.5 Å². The standard InChI is InChI=1S/C22H26N4OS/c1-25-21(27)19-17-7-3-4-8-18(17)28-20(19)24-22(25)23-15-9-11-16(12-10-15)26-13-5-2-6-14-26/h9-12H,2-8,13-14H2,1H3,(H,23,24). The zero-order valence-electron chi connectivity index (χ0n) is 16.3. The number of rotatable bonds is 3. The van der Waals surface area contributed by atoms with Gasteiger partial charge in [0.25, 0.3) is 5.56 Å². The van der Waals surface area contributed by atoms with E-state index in [0.717, 1.165) is 41.8 Å². The minimum absolute atomic E-state index is 0.0665. The third-order valence-corrected chi connectivity index (χ3v) is 7.23. The molecule has 0 bridgehead atoms. The summed E-state index contributed by atoms with van der Waals surface area (Å²) >= 11 is 1.70. The van der Waals surface area contributed by atoms with Crippen LogP contribution in [0.25, 0.3) is 10.2 Å². The first-order valence-electron chi connectivity index (χ1n) is 10.3. The number of nitrogens with one attached hydrogen (secondary N) is 1. The second-order valence-corrected chi connectivity index (χ2v) is 8.99. The van der Waals surface area contributed by atoms with Gasteiger partial charge in [0.1, 0.15) is 4.83 Å². The molecule has 1 fully saturated rings. The largest absolute Gasteiger partial charge is 0.372 e. The van der Waals surface area contributed by atoms with E-state index in [2.05, 4.69) is 34.5 Å². The zero-order chi connectivity index (χ0) is 19.1. The molecule has 0 amide bonds. The summed E-state index contributed by atoms with van der Waals surface area (Å²) in [5, 5.41) is 4.20. The fraction of sp³-hybridized carbons (Fsp3) is 0.455. The van der Waals surface area contributed by atoms with E-state index in [1.54, 1.807) is 15.9 Å². The highest BCUT2D eigenvalue weighted by Crippen LogP contribution is 2.34. The van der Waals surface area contributed by atoms with Gasteiger partial charge in [0, 0.05) is 36.4 Å².